The Bertz CT molecular complexity index is 750. The van der Waals surface area contributed by atoms with E-state index in [2.05, 4.69) is 37.9 Å². The van der Waals surface area contributed by atoms with E-state index >= 15 is 0 Å². The van der Waals surface area contributed by atoms with Crippen LogP contribution in [0.5, 0.6) is 0 Å². The summed E-state index contributed by atoms with van der Waals surface area (Å²) in [6.07, 6.45) is 12.2. The van der Waals surface area contributed by atoms with E-state index in [1.165, 1.54) is 0 Å². The lowest BCUT2D eigenvalue weighted by atomic mass is 9.47. The number of methoxy groups -OCH3 is 1. The number of rotatable bonds is 3. The first kappa shape index (κ1) is 15.4. The van der Waals surface area contributed by atoms with E-state index in [1.807, 2.05) is 0 Å². The van der Waals surface area contributed by atoms with E-state index in [1.54, 1.807) is 13.2 Å². The number of carbonyl (C=O) groups excluding carboxylic acids is 1. The summed E-state index contributed by atoms with van der Waals surface area (Å²) in [6.45, 7) is 6.06. The van der Waals surface area contributed by atoms with Gasteiger partial charge in [0.15, 0.2) is 17.6 Å². The zero-order valence-corrected chi connectivity index (χ0v) is 15.0. The molecular weight excluding hydrogens is 314 g/mol. The summed E-state index contributed by atoms with van der Waals surface area (Å²) in [6, 6.07) is 0.511. The predicted molar refractivity (Wildman–Crippen MR) is 94.2 cm³/mol. The number of likely N-dealkylation sites (N-methyl/N-ethyl adjacent to an activating group) is 1. The number of likely N-dealkylation sites (tertiary alicyclic amines) is 1. The van der Waals surface area contributed by atoms with Crippen LogP contribution in [0.25, 0.3) is 0 Å². The molecule has 0 amide bonds. The van der Waals surface area contributed by atoms with Crippen LogP contribution in [0.15, 0.2) is 48.5 Å². The minimum absolute atomic E-state index is 0.0950. The lowest BCUT2D eigenvalue weighted by Gasteiger charge is -2.61. The van der Waals surface area contributed by atoms with Crippen LogP contribution in [0.4, 0.5) is 0 Å². The highest BCUT2D eigenvalue weighted by atomic mass is 16.5. The molecule has 2 bridgehead atoms. The zero-order chi connectivity index (χ0) is 17.4. The summed E-state index contributed by atoms with van der Waals surface area (Å²) in [5, 5.41) is 0. The average Bonchev–Trinajstić information content (AvgIpc) is 2.96. The van der Waals surface area contributed by atoms with Crippen LogP contribution in [0.1, 0.15) is 12.8 Å². The van der Waals surface area contributed by atoms with Crippen LogP contribution in [0, 0.1) is 23.2 Å². The maximum Gasteiger partial charge on any atom is 0.196 e. The molecule has 3 fully saturated rings. The van der Waals surface area contributed by atoms with Gasteiger partial charge in [0.1, 0.15) is 5.76 Å². The first-order valence-electron chi connectivity index (χ1n) is 9.35. The van der Waals surface area contributed by atoms with Crippen LogP contribution in [-0.4, -0.2) is 49.7 Å². The molecule has 3 aliphatic carbocycles. The first-order chi connectivity index (χ1) is 12.0. The van der Waals surface area contributed by atoms with E-state index in [4.69, 9.17) is 9.47 Å². The largest absolute Gasteiger partial charge is 0.493 e. The molecule has 2 heterocycles. The van der Waals surface area contributed by atoms with Crippen molar-refractivity contribution >= 4 is 5.78 Å². The molecule has 132 valence electrons. The van der Waals surface area contributed by atoms with Crippen molar-refractivity contribution in [2.75, 3.05) is 27.2 Å². The van der Waals surface area contributed by atoms with Crippen molar-refractivity contribution in [1.82, 2.24) is 0 Å². The van der Waals surface area contributed by atoms with Gasteiger partial charge in [-0.1, -0.05) is 18.7 Å². The molecule has 5 rings (SSSR count). The normalized spacial score (nSPS) is 48.9. The van der Waals surface area contributed by atoms with Gasteiger partial charge in [-0.3, -0.25) is 4.79 Å². The Hall–Kier alpha value is -1.81. The maximum absolute atomic E-state index is 12.8. The van der Waals surface area contributed by atoms with E-state index < -0.39 is 0 Å². The van der Waals surface area contributed by atoms with Crippen LogP contribution < -0.4 is 0 Å². The van der Waals surface area contributed by atoms with Gasteiger partial charge in [0.2, 0.25) is 0 Å². The standard InChI is InChI=1S/C21H26NO3/c1-4-10-22(2)11-9-21-14-6-7-16(23)20(21)25-19-17(24-3)8-5-13(18(19)21)12-15(14)22/h4-8,13-15,18,20H,1,9-12H2,2-3H3/q+1/t13?,14-,15+,18?,20-,21-,22?/m0/s1. The van der Waals surface area contributed by atoms with Crippen molar-refractivity contribution in [3.05, 3.63) is 48.5 Å². The van der Waals surface area contributed by atoms with Crippen molar-refractivity contribution in [1.29, 1.82) is 0 Å². The molecule has 0 aromatic rings. The molecule has 1 saturated carbocycles. The molecule has 25 heavy (non-hydrogen) atoms. The van der Waals surface area contributed by atoms with Crippen LogP contribution in [0.3, 0.4) is 0 Å². The molecule has 4 heteroatoms. The minimum atomic E-state index is -0.338. The third-order valence-corrected chi connectivity index (χ3v) is 7.66. The molecule has 2 aliphatic heterocycles. The number of piperidine rings is 1. The Kier molecular flexibility index (Phi) is 3.01. The molecule has 0 aromatic heterocycles. The highest BCUT2D eigenvalue weighted by Crippen LogP contribution is 2.67. The Morgan fingerprint density at radius 3 is 3.04 bits per heavy atom. The van der Waals surface area contributed by atoms with Crippen LogP contribution in [-0.2, 0) is 14.3 Å². The number of carbonyl (C=O) groups is 1. The topological polar surface area (TPSA) is 35.5 Å². The molecule has 5 aliphatic rings. The van der Waals surface area contributed by atoms with Gasteiger partial charge in [-0.25, -0.2) is 0 Å². The van der Waals surface area contributed by atoms with Crippen LogP contribution >= 0.6 is 0 Å². The fraction of sp³-hybridized carbons (Fsp3) is 0.571. The molecule has 3 unspecified atom stereocenters. The van der Waals surface area contributed by atoms with Crippen molar-refractivity contribution in [2.24, 2.45) is 23.2 Å². The number of ether oxygens (including phenoxy) is 2. The molecule has 1 spiro atoms. The Morgan fingerprint density at radius 1 is 1.44 bits per heavy atom. The molecule has 7 atom stereocenters. The molecular formula is C21H26NO3+. The lowest BCUT2D eigenvalue weighted by Crippen LogP contribution is -2.71. The van der Waals surface area contributed by atoms with Crippen molar-refractivity contribution in [2.45, 2.75) is 25.0 Å². The zero-order valence-electron chi connectivity index (χ0n) is 15.0. The molecule has 4 nitrogen and oxygen atoms in total. The monoisotopic (exact) mass is 340 g/mol. The van der Waals surface area contributed by atoms with Gasteiger partial charge in [-0.15, -0.1) is 0 Å². The summed E-state index contributed by atoms with van der Waals surface area (Å²) in [4.78, 5) is 12.8. The van der Waals surface area contributed by atoms with Gasteiger partial charge in [0, 0.05) is 30.1 Å². The second-order valence-corrected chi connectivity index (χ2v) is 8.56. The highest BCUT2D eigenvalue weighted by molar-refractivity contribution is 5.96. The highest BCUT2D eigenvalue weighted by Gasteiger charge is 2.72. The lowest BCUT2D eigenvalue weighted by molar-refractivity contribution is -0.941. The molecule has 0 aromatic carbocycles. The number of nitrogens with zero attached hydrogens (tertiary/aromatic N) is 1. The summed E-state index contributed by atoms with van der Waals surface area (Å²) in [5.41, 5.74) is -0.0950. The van der Waals surface area contributed by atoms with Gasteiger partial charge in [0.05, 0.1) is 33.3 Å². The van der Waals surface area contributed by atoms with Crippen molar-refractivity contribution in [3.63, 3.8) is 0 Å². The van der Waals surface area contributed by atoms with E-state index in [9.17, 15) is 4.79 Å². The first-order valence-corrected chi connectivity index (χ1v) is 9.35. The fourth-order valence-electron chi connectivity index (χ4n) is 6.62. The van der Waals surface area contributed by atoms with E-state index in [-0.39, 0.29) is 23.2 Å². The molecule has 2 saturated heterocycles. The molecule has 0 radical (unpaired) electrons. The fourth-order valence-corrected chi connectivity index (χ4v) is 6.62. The number of ketones is 1. The van der Waals surface area contributed by atoms with E-state index in [0.29, 0.717) is 17.9 Å². The quantitative estimate of drug-likeness (QED) is 0.585. The summed E-state index contributed by atoms with van der Waals surface area (Å²) >= 11 is 0. The Labute approximate surface area is 149 Å². The second kappa shape index (κ2) is 4.88. The summed E-state index contributed by atoms with van der Waals surface area (Å²) in [7, 11) is 4.05. The van der Waals surface area contributed by atoms with Gasteiger partial charge in [-0.2, -0.15) is 0 Å². The van der Waals surface area contributed by atoms with Crippen molar-refractivity contribution < 1.29 is 18.8 Å². The smallest absolute Gasteiger partial charge is 0.196 e. The number of hydrogen-bond donors (Lipinski definition) is 0. The molecule has 0 N–H and O–H groups in total. The minimum Gasteiger partial charge on any atom is -0.493 e. The van der Waals surface area contributed by atoms with Gasteiger partial charge in [0.25, 0.3) is 0 Å². The number of allylic oxidation sites excluding steroid dienone is 3. The van der Waals surface area contributed by atoms with Crippen LogP contribution in [0.2, 0.25) is 0 Å². The summed E-state index contributed by atoms with van der Waals surface area (Å²) < 4.78 is 13.0. The SMILES string of the molecule is C=CC[N+]1(C)CC[C@@]23C4C5=C(OC)C=CC4C[C@@H]1[C@@H]2C=CC(=O)[C@@H]3O5. The Morgan fingerprint density at radius 2 is 2.28 bits per heavy atom. The van der Waals surface area contributed by atoms with Crippen molar-refractivity contribution in [3.8, 4) is 0 Å². The number of hydrogen-bond acceptors (Lipinski definition) is 3. The predicted octanol–water partition coefficient (Wildman–Crippen LogP) is 2.60. The third kappa shape index (κ3) is 1.69. The Balaban J connectivity index is 1.70. The third-order valence-electron chi connectivity index (χ3n) is 7.66. The second-order valence-electron chi connectivity index (χ2n) is 8.56. The van der Waals surface area contributed by atoms with Gasteiger partial charge < -0.3 is 14.0 Å². The van der Waals surface area contributed by atoms with Gasteiger partial charge in [-0.05, 0) is 24.1 Å². The maximum atomic E-state index is 12.8. The van der Waals surface area contributed by atoms with E-state index in [0.717, 1.165) is 41.9 Å². The number of quaternary nitrogens is 1. The van der Waals surface area contributed by atoms with Gasteiger partial charge >= 0.3 is 0 Å². The summed E-state index contributed by atoms with van der Waals surface area (Å²) in [5.74, 6) is 2.97. The average molecular weight is 340 g/mol.